The molecule has 0 bridgehead atoms. The second-order valence-electron chi connectivity index (χ2n) is 12.2. The van der Waals surface area contributed by atoms with E-state index in [-0.39, 0.29) is 39.4 Å². The Labute approximate surface area is 201 Å². The number of hydrogen-bond acceptors (Lipinski definition) is 5. The molecular weight excluding hydrogens is 440 g/mol. The standard InChI is InChI=1S/C26H46O6S/c1-13-17-19(27)18(21(32-12)22(20(17)31-11)33(28,29)30)23(25(7,8)14-16(2)3)26(9,10)15-24(4,5)6/h16,23,27H,13-15H2,1-12H3,(H,28,29,30). The van der Waals surface area contributed by atoms with E-state index < -0.39 is 15.0 Å². The predicted octanol–water partition coefficient (Wildman–Crippen LogP) is 6.84. The molecule has 1 aromatic carbocycles. The number of rotatable bonds is 10. The van der Waals surface area contributed by atoms with E-state index in [1.807, 2.05) is 6.92 Å². The topological polar surface area (TPSA) is 93.1 Å². The first-order valence-corrected chi connectivity index (χ1v) is 13.2. The van der Waals surface area contributed by atoms with Gasteiger partial charge in [-0.05, 0) is 41.4 Å². The first-order valence-electron chi connectivity index (χ1n) is 11.7. The predicted molar refractivity (Wildman–Crippen MR) is 134 cm³/mol. The molecule has 7 heteroatoms. The lowest BCUT2D eigenvalue weighted by Gasteiger charge is -2.49. The number of phenolic OH excluding ortho intramolecular Hbond substituents is 1. The second kappa shape index (κ2) is 10.0. The number of benzene rings is 1. The fraction of sp³-hybridized carbons (Fsp3) is 0.769. The number of ether oxygens (including phenoxy) is 2. The third-order valence-electron chi connectivity index (χ3n) is 6.26. The summed E-state index contributed by atoms with van der Waals surface area (Å²) in [5.74, 6) is -0.0493. The van der Waals surface area contributed by atoms with Gasteiger partial charge in [0.25, 0.3) is 0 Å². The second-order valence-corrected chi connectivity index (χ2v) is 13.6. The third-order valence-corrected chi connectivity index (χ3v) is 7.15. The Morgan fingerprint density at radius 3 is 1.73 bits per heavy atom. The van der Waals surface area contributed by atoms with Crippen molar-refractivity contribution in [2.75, 3.05) is 14.2 Å². The van der Waals surface area contributed by atoms with Crippen LogP contribution in [-0.2, 0) is 16.5 Å². The van der Waals surface area contributed by atoms with Crippen molar-refractivity contribution >= 4 is 10.1 Å². The van der Waals surface area contributed by atoms with Gasteiger partial charge in [0, 0.05) is 17.0 Å². The molecule has 0 aliphatic heterocycles. The van der Waals surface area contributed by atoms with E-state index in [1.165, 1.54) is 14.2 Å². The Balaban J connectivity index is 4.30. The van der Waals surface area contributed by atoms with Crippen molar-refractivity contribution in [2.24, 2.45) is 22.2 Å². The van der Waals surface area contributed by atoms with Crippen LogP contribution in [0.4, 0.5) is 0 Å². The van der Waals surface area contributed by atoms with Gasteiger partial charge < -0.3 is 14.6 Å². The minimum Gasteiger partial charge on any atom is -0.507 e. The molecule has 1 aromatic rings. The molecule has 33 heavy (non-hydrogen) atoms. The van der Waals surface area contributed by atoms with Gasteiger partial charge in [-0.25, -0.2) is 0 Å². The average molecular weight is 487 g/mol. The lowest BCUT2D eigenvalue weighted by molar-refractivity contribution is 0.0750. The number of aromatic hydroxyl groups is 1. The summed E-state index contributed by atoms with van der Waals surface area (Å²) in [5.41, 5.74) is 0.0756. The molecule has 0 fully saturated rings. The van der Waals surface area contributed by atoms with Gasteiger partial charge in [0.1, 0.15) is 5.75 Å². The molecule has 0 aromatic heterocycles. The summed E-state index contributed by atoms with van der Waals surface area (Å²) in [6, 6.07) is 0. The molecule has 6 nitrogen and oxygen atoms in total. The minimum atomic E-state index is -4.70. The number of phenols is 1. The average Bonchev–Trinajstić information content (AvgIpc) is 2.57. The molecule has 1 unspecified atom stereocenters. The number of methoxy groups -OCH3 is 2. The molecule has 0 aliphatic rings. The van der Waals surface area contributed by atoms with Crippen LogP contribution in [0, 0.1) is 22.2 Å². The molecule has 0 saturated carbocycles. The van der Waals surface area contributed by atoms with Gasteiger partial charge in [-0.2, -0.15) is 8.42 Å². The molecule has 0 radical (unpaired) electrons. The Bertz CT molecular complexity index is 937. The first-order chi connectivity index (χ1) is 14.7. The Morgan fingerprint density at radius 2 is 1.39 bits per heavy atom. The lowest BCUT2D eigenvalue weighted by Crippen LogP contribution is -2.38. The fourth-order valence-electron chi connectivity index (χ4n) is 6.47. The van der Waals surface area contributed by atoms with Crippen LogP contribution in [0.1, 0.15) is 99.1 Å². The Morgan fingerprint density at radius 1 is 0.909 bits per heavy atom. The number of hydrogen-bond donors (Lipinski definition) is 2. The summed E-state index contributed by atoms with van der Waals surface area (Å²) >= 11 is 0. The molecule has 0 amide bonds. The largest absolute Gasteiger partial charge is 0.507 e. The monoisotopic (exact) mass is 486 g/mol. The van der Waals surface area contributed by atoms with Crippen LogP contribution in [0.15, 0.2) is 4.90 Å². The first kappa shape index (κ1) is 29.6. The highest BCUT2D eigenvalue weighted by Crippen LogP contribution is 2.60. The quantitative estimate of drug-likeness (QED) is 0.352. The molecule has 1 rings (SSSR count). The SMILES string of the molecule is CCc1c(O)c(C(C(C)(C)CC(C)C)C(C)(C)CC(C)(C)C)c(OC)c(S(=O)(=O)O)c1OC. The molecule has 0 aliphatic carbocycles. The highest BCUT2D eigenvalue weighted by atomic mass is 32.2. The van der Waals surface area contributed by atoms with Gasteiger partial charge >= 0.3 is 10.1 Å². The third kappa shape index (κ3) is 6.56. The molecule has 0 saturated heterocycles. The molecule has 0 heterocycles. The van der Waals surface area contributed by atoms with Crippen LogP contribution in [-0.4, -0.2) is 32.3 Å². The van der Waals surface area contributed by atoms with E-state index in [4.69, 9.17) is 9.47 Å². The molecule has 2 N–H and O–H groups in total. The zero-order chi connectivity index (χ0) is 26.2. The fourth-order valence-corrected chi connectivity index (χ4v) is 7.34. The van der Waals surface area contributed by atoms with Crippen molar-refractivity contribution < 1.29 is 27.6 Å². The highest BCUT2D eigenvalue weighted by Gasteiger charge is 2.48. The van der Waals surface area contributed by atoms with E-state index in [9.17, 15) is 18.1 Å². The molecular formula is C26H46O6S. The van der Waals surface area contributed by atoms with Gasteiger partial charge in [0.15, 0.2) is 16.4 Å². The van der Waals surface area contributed by atoms with E-state index in [0.717, 1.165) is 12.8 Å². The van der Waals surface area contributed by atoms with E-state index in [1.54, 1.807) is 0 Å². The Kier molecular flexibility index (Phi) is 8.98. The van der Waals surface area contributed by atoms with Gasteiger partial charge in [-0.3, -0.25) is 4.55 Å². The van der Waals surface area contributed by atoms with E-state index >= 15 is 0 Å². The summed E-state index contributed by atoms with van der Waals surface area (Å²) in [5, 5.41) is 11.6. The van der Waals surface area contributed by atoms with Crippen molar-refractivity contribution in [1.29, 1.82) is 0 Å². The summed E-state index contributed by atoms with van der Waals surface area (Å²) in [7, 11) is -2.02. The smallest absolute Gasteiger partial charge is 0.301 e. The zero-order valence-electron chi connectivity index (χ0n) is 22.7. The highest BCUT2D eigenvalue weighted by molar-refractivity contribution is 7.86. The summed E-state index contributed by atoms with van der Waals surface area (Å²) < 4.78 is 46.4. The maximum atomic E-state index is 12.6. The van der Waals surface area contributed by atoms with Crippen LogP contribution in [0.2, 0.25) is 0 Å². The van der Waals surface area contributed by atoms with Crippen molar-refractivity contribution in [3.63, 3.8) is 0 Å². The molecule has 1 atom stereocenters. The molecule has 192 valence electrons. The minimum absolute atomic E-state index is 0.00947. The summed E-state index contributed by atoms with van der Waals surface area (Å²) in [6.45, 7) is 21.3. The van der Waals surface area contributed by atoms with E-state index in [0.29, 0.717) is 23.5 Å². The maximum Gasteiger partial charge on any atom is 0.301 e. The van der Waals surface area contributed by atoms with Gasteiger partial charge in [0.2, 0.25) is 0 Å². The van der Waals surface area contributed by atoms with Crippen LogP contribution < -0.4 is 9.47 Å². The maximum absolute atomic E-state index is 12.6. The van der Waals surface area contributed by atoms with Gasteiger partial charge in [0.05, 0.1) is 14.2 Å². The lowest BCUT2D eigenvalue weighted by atomic mass is 9.56. The normalized spacial score (nSPS) is 14.5. The van der Waals surface area contributed by atoms with Crippen molar-refractivity contribution in [3.8, 4) is 17.2 Å². The Hall–Kier alpha value is -1.47. The van der Waals surface area contributed by atoms with Crippen LogP contribution in [0.25, 0.3) is 0 Å². The van der Waals surface area contributed by atoms with Gasteiger partial charge in [-0.15, -0.1) is 0 Å². The van der Waals surface area contributed by atoms with Gasteiger partial charge in [-0.1, -0.05) is 69.2 Å². The summed E-state index contributed by atoms with van der Waals surface area (Å²) in [4.78, 5) is -0.422. The van der Waals surface area contributed by atoms with E-state index in [2.05, 4.69) is 62.3 Å². The zero-order valence-corrected chi connectivity index (χ0v) is 23.5. The van der Waals surface area contributed by atoms with Crippen molar-refractivity contribution in [2.45, 2.75) is 99.3 Å². The van der Waals surface area contributed by atoms with Crippen LogP contribution in [0.5, 0.6) is 17.2 Å². The van der Waals surface area contributed by atoms with Crippen molar-refractivity contribution in [1.82, 2.24) is 0 Å². The summed E-state index contributed by atoms with van der Waals surface area (Å²) in [6.07, 6.45) is 2.00. The van der Waals surface area contributed by atoms with Crippen LogP contribution in [0.3, 0.4) is 0 Å². The molecule has 0 spiro atoms. The van der Waals surface area contributed by atoms with Crippen molar-refractivity contribution in [3.05, 3.63) is 11.1 Å². The van der Waals surface area contributed by atoms with Crippen LogP contribution >= 0.6 is 0 Å².